The molecule has 0 bridgehead atoms. The van der Waals surface area contributed by atoms with Crippen molar-refractivity contribution in [2.24, 2.45) is 5.92 Å². The summed E-state index contributed by atoms with van der Waals surface area (Å²) >= 11 is 0. The summed E-state index contributed by atoms with van der Waals surface area (Å²) in [5, 5.41) is 10.6. The first kappa shape index (κ1) is 11.5. The van der Waals surface area contributed by atoms with Crippen LogP contribution in [0.1, 0.15) is 37.3 Å². The Hall–Kier alpha value is -1.02. The van der Waals surface area contributed by atoms with Gasteiger partial charge in [0.15, 0.2) is 0 Å². The Morgan fingerprint density at radius 3 is 2.69 bits per heavy atom. The third-order valence-corrected chi connectivity index (χ3v) is 3.32. The number of rotatable bonds is 4. The maximum absolute atomic E-state index is 10.6. The molecule has 88 valence electrons. The average Bonchev–Trinajstić information content (AvgIpc) is 3.01. The highest BCUT2D eigenvalue weighted by molar-refractivity contribution is 5.40. The molecule has 1 unspecified atom stereocenters. The van der Waals surface area contributed by atoms with Crippen molar-refractivity contribution in [3.05, 3.63) is 29.3 Å². The molecular formula is C14H20O2. The molecule has 1 saturated carbocycles. The molecule has 1 atom stereocenters. The van der Waals surface area contributed by atoms with Crippen molar-refractivity contribution in [2.75, 3.05) is 7.11 Å². The fourth-order valence-electron chi connectivity index (χ4n) is 2.24. The second-order valence-electron chi connectivity index (χ2n) is 5.13. The molecule has 16 heavy (non-hydrogen) atoms. The third-order valence-electron chi connectivity index (χ3n) is 3.32. The summed E-state index contributed by atoms with van der Waals surface area (Å²) < 4.78 is 5.33. The summed E-state index contributed by atoms with van der Waals surface area (Å²) in [5.41, 5.74) is 1.31. The molecule has 0 radical (unpaired) electrons. The van der Waals surface area contributed by atoms with Gasteiger partial charge in [-0.2, -0.15) is 0 Å². The van der Waals surface area contributed by atoms with Crippen molar-refractivity contribution >= 4 is 0 Å². The van der Waals surface area contributed by atoms with Crippen LogP contribution in [-0.4, -0.2) is 12.2 Å². The SMILES string of the molecule is COc1ccc(C)cc1C(C)(O)CC1CC1. The van der Waals surface area contributed by atoms with Gasteiger partial charge in [-0.25, -0.2) is 0 Å². The van der Waals surface area contributed by atoms with Gasteiger partial charge in [-0.05, 0) is 38.3 Å². The van der Waals surface area contributed by atoms with Gasteiger partial charge in [-0.15, -0.1) is 0 Å². The van der Waals surface area contributed by atoms with Crippen molar-refractivity contribution in [3.8, 4) is 5.75 Å². The highest BCUT2D eigenvalue weighted by Gasteiger charge is 2.34. The number of ether oxygens (including phenoxy) is 1. The van der Waals surface area contributed by atoms with E-state index >= 15 is 0 Å². The largest absolute Gasteiger partial charge is 0.496 e. The minimum Gasteiger partial charge on any atom is -0.496 e. The lowest BCUT2D eigenvalue weighted by atomic mass is 9.88. The van der Waals surface area contributed by atoms with Crippen molar-refractivity contribution in [1.29, 1.82) is 0 Å². The molecule has 1 aromatic carbocycles. The van der Waals surface area contributed by atoms with E-state index in [-0.39, 0.29) is 0 Å². The topological polar surface area (TPSA) is 29.5 Å². The minimum absolute atomic E-state index is 0.695. The van der Waals surface area contributed by atoms with Gasteiger partial charge < -0.3 is 9.84 Å². The van der Waals surface area contributed by atoms with Crippen LogP contribution in [0.5, 0.6) is 5.75 Å². The molecule has 0 saturated heterocycles. The third kappa shape index (κ3) is 2.38. The zero-order chi connectivity index (χ0) is 11.8. The summed E-state index contributed by atoms with van der Waals surface area (Å²) in [5.74, 6) is 1.48. The Kier molecular flexibility index (Phi) is 2.94. The van der Waals surface area contributed by atoms with Gasteiger partial charge >= 0.3 is 0 Å². The molecule has 1 fully saturated rings. The zero-order valence-corrected chi connectivity index (χ0v) is 10.3. The molecule has 0 heterocycles. The van der Waals surface area contributed by atoms with E-state index in [0.29, 0.717) is 5.92 Å². The Morgan fingerprint density at radius 1 is 1.44 bits per heavy atom. The number of hydrogen-bond donors (Lipinski definition) is 1. The van der Waals surface area contributed by atoms with Crippen molar-refractivity contribution < 1.29 is 9.84 Å². The Bertz CT molecular complexity index is 378. The second kappa shape index (κ2) is 4.10. The van der Waals surface area contributed by atoms with E-state index in [2.05, 4.69) is 0 Å². The summed E-state index contributed by atoms with van der Waals surface area (Å²) in [4.78, 5) is 0. The number of benzene rings is 1. The summed E-state index contributed by atoms with van der Waals surface area (Å²) in [6.45, 7) is 3.93. The molecular weight excluding hydrogens is 200 g/mol. The normalized spacial score (nSPS) is 19.2. The lowest BCUT2D eigenvalue weighted by molar-refractivity contribution is 0.0392. The number of aryl methyl sites for hydroxylation is 1. The van der Waals surface area contributed by atoms with Crippen molar-refractivity contribution in [3.63, 3.8) is 0 Å². The quantitative estimate of drug-likeness (QED) is 0.845. The van der Waals surface area contributed by atoms with Crippen molar-refractivity contribution in [2.45, 2.75) is 38.7 Å². The highest BCUT2D eigenvalue weighted by atomic mass is 16.5. The maximum atomic E-state index is 10.6. The molecule has 2 nitrogen and oxygen atoms in total. The van der Waals surface area contributed by atoms with Crippen LogP contribution in [-0.2, 0) is 5.60 Å². The molecule has 1 aromatic rings. The van der Waals surface area contributed by atoms with Crippen LogP contribution in [0, 0.1) is 12.8 Å². The van der Waals surface area contributed by atoms with E-state index in [9.17, 15) is 5.11 Å². The van der Waals surface area contributed by atoms with Crippen molar-refractivity contribution in [1.82, 2.24) is 0 Å². The van der Waals surface area contributed by atoms with Crippen LogP contribution in [0.3, 0.4) is 0 Å². The lowest BCUT2D eigenvalue weighted by Gasteiger charge is -2.26. The van der Waals surface area contributed by atoms with Crippen LogP contribution >= 0.6 is 0 Å². The Balaban J connectivity index is 2.31. The standard InChI is InChI=1S/C14H20O2/c1-10-4-7-13(16-3)12(8-10)14(2,15)9-11-5-6-11/h4,7-8,11,15H,5-6,9H2,1-3H3. The van der Waals surface area contributed by atoms with E-state index < -0.39 is 5.60 Å². The number of hydrogen-bond acceptors (Lipinski definition) is 2. The molecule has 1 N–H and O–H groups in total. The second-order valence-corrected chi connectivity index (χ2v) is 5.13. The monoisotopic (exact) mass is 220 g/mol. The van der Waals surface area contributed by atoms with Crippen LogP contribution in [0.15, 0.2) is 18.2 Å². The van der Waals surface area contributed by atoms with Crippen LogP contribution < -0.4 is 4.74 Å². The van der Waals surface area contributed by atoms with Crippen LogP contribution in [0.4, 0.5) is 0 Å². The van der Waals surface area contributed by atoms with Gasteiger partial charge in [0.1, 0.15) is 5.75 Å². The van der Waals surface area contributed by atoms with Gasteiger partial charge in [-0.3, -0.25) is 0 Å². The van der Waals surface area contributed by atoms with E-state index in [4.69, 9.17) is 4.74 Å². The summed E-state index contributed by atoms with van der Waals surface area (Å²) in [6, 6.07) is 5.97. The van der Waals surface area contributed by atoms with Crippen LogP contribution in [0.2, 0.25) is 0 Å². The first-order valence-corrected chi connectivity index (χ1v) is 5.90. The van der Waals surface area contributed by atoms with E-state index in [1.807, 2.05) is 32.0 Å². The molecule has 1 aliphatic rings. The molecule has 0 spiro atoms. The first-order chi connectivity index (χ1) is 7.53. The fraction of sp³-hybridized carbons (Fsp3) is 0.571. The van der Waals surface area contributed by atoms with Gasteiger partial charge in [0.05, 0.1) is 12.7 Å². The molecule has 0 amide bonds. The van der Waals surface area contributed by atoms with E-state index in [1.54, 1.807) is 7.11 Å². The molecule has 2 rings (SSSR count). The maximum Gasteiger partial charge on any atom is 0.124 e. The predicted octanol–water partition coefficient (Wildman–Crippen LogP) is 3.01. The van der Waals surface area contributed by atoms with Gasteiger partial charge in [0.25, 0.3) is 0 Å². The first-order valence-electron chi connectivity index (χ1n) is 5.90. The Labute approximate surface area is 97.3 Å². The molecule has 0 aliphatic heterocycles. The average molecular weight is 220 g/mol. The minimum atomic E-state index is -0.765. The fourth-order valence-corrected chi connectivity index (χ4v) is 2.24. The van der Waals surface area contributed by atoms with Crippen LogP contribution in [0.25, 0.3) is 0 Å². The summed E-state index contributed by atoms with van der Waals surface area (Å²) in [6.07, 6.45) is 3.35. The van der Waals surface area contributed by atoms with E-state index in [0.717, 1.165) is 23.3 Å². The molecule has 1 aliphatic carbocycles. The lowest BCUT2D eigenvalue weighted by Crippen LogP contribution is -2.22. The highest BCUT2D eigenvalue weighted by Crippen LogP contribution is 2.43. The number of aliphatic hydroxyl groups is 1. The number of methoxy groups -OCH3 is 1. The Morgan fingerprint density at radius 2 is 2.12 bits per heavy atom. The predicted molar refractivity (Wildman–Crippen MR) is 64.6 cm³/mol. The van der Waals surface area contributed by atoms with Gasteiger partial charge in [0.2, 0.25) is 0 Å². The van der Waals surface area contributed by atoms with E-state index in [1.165, 1.54) is 12.8 Å². The van der Waals surface area contributed by atoms with Gasteiger partial charge in [-0.1, -0.05) is 24.5 Å². The molecule has 2 heteroatoms. The van der Waals surface area contributed by atoms with Gasteiger partial charge in [0, 0.05) is 5.56 Å². The molecule has 0 aromatic heterocycles. The zero-order valence-electron chi connectivity index (χ0n) is 10.3. The smallest absolute Gasteiger partial charge is 0.124 e. The summed E-state index contributed by atoms with van der Waals surface area (Å²) in [7, 11) is 1.65.